The summed E-state index contributed by atoms with van der Waals surface area (Å²) in [6, 6.07) is 6.79. The molecule has 0 amide bonds. The number of aromatic nitrogens is 2. The van der Waals surface area contributed by atoms with E-state index in [1.807, 2.05) is 0 Å². The van der Waals surface area contributed by atoms with Gasteiger partial charge in [-0.05, 0) is 37.9 Å². The number of para-hydroxylation sites is 1. The molecule has 1 aromatic carbocycles. The summed E-state index contributed by atoms with van der Waals surface area (Å²) in [4.78, 5) is 4.84. The minimum atomic E-state index is 0.421. The lowest BCUT2D eigenvalue weighted by Crippen LogP contribution is -2.23. The van der Waals surface area contributed by atoms with Crippen molar-refractivity contribution in [3.05, 3.63) is 29.6 Å². The average molecular weight is 243 g/mol. The van der Waals surface area contributed by atoms with Gasteiger partial charge >= 0.3 is 0 Å². The minimum Gasteiger partial charge on any atom is -0.330 e. The predicted octanol–water partition coefficient (Wildman–Crippen LogP) is 3.09. The zero-order valence-corrected chi connectivity index (χ0v) is 11.2. The van der Waals surface area contributed by atoms with Gasteiger partial charge in [-0.2, -0.15) is 0 Å². The van der Waals surface area contributed by atoms with Crippen LogP contribution in [0.4, 0.5) is 0 Å². The van der Waals surface area contributed by atoms with Crippen molar-refractivity contribution in [3.63, 3.8) is 0 Å². The number of fused-ring (bicyclic) bond motifs is 1. The van der Waals surface area contributed by atoms with Crippen molar-refractivity contribution in [2.24, 2.45) is 7.05 Å². The van der Waals surface area contributed by atoms with Crippen LogP contribution >= 0.6 is 0 Å². The number of imidazole rings is 1. The molecule has 1 saturated heterocycles. The second-order valence-electron chi connectivity index (χ2n) is 5.33. The fraction of sp³-hybridized carbons (Fsp3) is 0.533. The Kier molecular flexibility index (Phi) is 3.08. The van der Waals surface area contributed by atoms with Crippen LogP contribution in [-0.2, 0) is 7.05 Å². The van der Waals surface area contributed by atoms with Crippen molar-refractivity contribution >= 4 is 11.0 Å². The molecule has 3 rings (SSSR count). The lowest BCUT2D eigenvalue weighted by Gasteiger charge is -2.15. The van der Waals surface area contributed by atoms with Crippen LogP contribution in [0.25, 0.3) is 11.0 Å². The van der Waals surface area contributed by atoms with Gasteiger partial charge in [0.05, 0.1) is 17.1 Å². The summed E-state index contributed by atoms with van der Waals surface area (Å²) in [7, 11) is 2.14. The van der Waals surface area contributed by atoms with Crippen molar-refractivity contribution in [2.75, 3.05) is 6.54 Å². The summed E-state index contributed by atoms with van der Waals surface area (Å²) < 4.78 is 2.27. The first-order valence-electron chi connectivity index (χ1n) is 6.92. The highest BCUT2D eigenvalue weighted by molar-refractivity contribution is 5.79. The Morgan fingerprint density at radius 1 is 1.28 bits per heavy atom. The second-order valence-corrected chi connectivity index (χ2v) is 5.33. The number of nitrogens with zero attached hydrogens (tertiary/aromatic N) is 2. The van der Waals surface area contributed by atoms with E-state index in [9.17, 15) is 0 Å². The van der Waals surface area contributed by atoms with Crippen molar-refractivity contribution in [3.8, 4) is 0 Å². The number of rotatable bonds is 1. The van der Waals surface area contributed by atoms with Crippen molar-refractivity contribution in [2.45, 2.75) is 38.6 Å². The molecule has 1 fully saturated rings. The molecule has 3 heteroatoms. The Labute approximate surface area is 108 Å². The molecule has 0 saturated carbocycles. The normalized spacial score (nSPS) is 21.1. The molecule has 1 aliphatic heterocycles. The highest BCUT2D eigenvalue weighted by atomic mass is 15.1. The molecule has 1 aromatic heterocycles. The molecule has 18 heavy (non-hydrogen) atoms. The van der Waals surface area contributed by atoms with Gasteiger partial charge in [-0.3, -0.25) is 0 Å². The van der Waals surface area contributed by atoms with Crippen LogP contribution in [0.3, 0.4) is 0 Å². The zero-order valence-electron chi connectivity index (χ0n) is 11.2. The Balaban J connectivity index is 2.06. The molecule has 2 aromatic rings. The van der Waals surface area contributed by atoms with E-state index in [0.29, 0.717) is 6.04 Å². The van der Waals surface area contributed by atoms with Crippen molar-refractivity contribution in [1.82, 2.24) is 14.9 Å². The Morgan fingerprint density at radius 2 is 2.17 bits per heavy atom. The van der Waals surface area contributed by atoms with Crippen LogP contribution in [0, 0.1) is 6.92 Å². The first-order chi connectivity index (χ1) is 8.77. The largest absolute Gasteiger partial charge is 0.330 e. The van der Waals surface area contributed by atoms with Crippen LogP contribution in [0.2, 0.25) is 0 Å². The van der Waals surface area contributed by atoms with Gasteiger partial charge in [-0.1, -0.05) is 25.0 Å². The highest BCUT2D eigenvalue weighted by Gasteiger charge is 2.20. The zero-order chi connectivity index (χ0) is 12.5. The maximum Gasteiger partial charge on any atom is 0.126 e. The maximum atomic E-state index is 4.84. The van der Waals surface area contributed by atoms with E-state index < -0.39 is 0 Å². The van der Waals surface area contributed by atoms with Crippen LogP contribution in [0.5, 0.6) is 0 Å². The van der Waals surface area contributed by atoms with Gasteiger partial charge in [0.25, 0.3) is 0 Å². The Hall–Kier alpha value is -1.35. The molecule has 0 spiro atoms. The summed E-state index contributed by atoms with van der Waals surface area (Å²) in [5.41, 5.74) is 3.71. The standard InChI is InChI=1S/C15H21N3/c1-11-7-6-9-12-14(11)18(2)15(17-12)13-8-4-3-5-10-16-13/h6-7,9,13,16H,3-5,8,10H2,1-2H3. The van der Waals surface area contributed by atoms with Gasteiger partial charge in [-0.15, -0.1) is 0 Å². The fourth-order valence-electron chi connectivity index (χ4n) is 3.04. The summed E-state index contributed by atoms with van der Waals surface area (Å²) >= 11 is 0. The van der Waals surface area contributed by atoms with E-state index in [1.165, 1.54) is 42.6 Å². The molecule has 0 aliphatic carbocycles. The van der Waals surface area contributed by atoms with Crippen LogP contribution in [-0.4, -0.2) is 16.1 Å². The lowest BCUT2D eigenvalue weighted by molar-refractivity contribution is 0.496. The van der Waals surface area contributed by atoms with Gasteiger partial charge in [0.2, 0.25) is 0 Å². The van der Waals surface area contributed by atoms with E-state index >= 15 is 0 Å². The van der Waals surface area contributed by atoms with E-state index in [0.717, 1.165) is 12.1 Å². The highest BCUT2D eigenvalue weighted by Crippen LogP contribution is 2.26. The van der Waals surface area contributed by atoms with E-state index in [1.54, 1.807) is 0 Å². The maximum absolute atomic E-state index is 4.84. The first kappa shape index (κ1) is 11.7. The van der Waals surface area contributed by atoms with Crippen LogP contribution in [0.1, 0.15) is 43.1 Å². The van der Waals surface area contributed by atoms with E-state index in [2.05, 4.69) is 42.1 Å². The number of benzene rings is 1. The van der Waals surface area contributed by atoms with Gasteiger partial charge in [0.1, 0.15) is 5.82 Å². The predicted molar refractivity (Wildman–Crippen MR) is 74.7 cm³/mol. The molecule has 0 bridgehead atoms. The topological polar surface area (TPSA) is 29.9 Å². The van der Waals surface area contributed by atoms with Crippen LogP contribution in [0.15, 0.2) is 18.2 Å². The van der Waals surface area contributed by atoms with Gasteiger partial charge in [0, 0.05) is 7.05 Å². The summed E-state index contributed by atoms with van der Waals surface area (Å²) in [6.07, 6.45) is 5.14. The molecule has 96 valence electrons. The molecule has 1 atom stereocenters. The second kappa shape index (κ2) is 4.73. The molecular weight excluding hydrogens is 222 g/mol. The fourth-order valence-corrected chi connectivity index (χ4v) is 3.04. The Morgan fingerprint density at radius 3 is 3.00 bits per heavy atom. The van der Waals surface area contributed by atoms with Gasteiger partial charge in [-0.25, -0.2) is 4.98 Å². The summed E-state index contributed by atoms with van der Waals surface area (Å²) in [5.74, 6) is 1.20. The summed E-state index contributed by atoms with van der Waals surface area (Å²) in [5, 5.41) is 3.64. The number of hydrogen-bond donors (Lipinski definition) is 1. The molecule has 3 nitrogen and oxygen atoms in total. The average Bonchev–Trinajstić information content (AvgIpc) is 2.56. The molecule has 1 unspecified atom stereocenters. The summed E-state index contributed by atoms with van der Waals surface area (Å²) in [6.45, 7) is 3.28. The van der Waals surface area contributed by atoms with Crippen molar-refractivity contribution in [1.29, 1.82) is 0 Å². The molecule has 1 aliphatic rings. The smallest absolute Gasteiger partial charge is 0.126 e. The molecule has 1 N–H and O–H groups in total. The van der Waals surface area contributed by atoms with Gasteiger partial charge < -0.3 is 9.88 Å². The SMILES string of the molecule is Cc1cccc2nc(C3CCCCCN3)n(C)c12. The molecule has 0 radical (unpaired) electrons. The number of nitrogens with one attached hydrogen (secondary N) is 1. The van der Waals surface area contributed by atoms with Crippen LogP contribution < -0.4 is 5.32 Å². The third-order valence-corrected chi connectivity index (χ3v) is 4.00. The molecular formula is C15H21N3. The lowest BCUT2D eigenvalue weighted by atomic mass is 10.1. The monoisotopic (exact) mass is 243 g/mol. The Bertz CT molecular complexity index is 548. The number of aryl methyl sites for hydroxylation is 2. The quantitative estimate of drug-likeness (QED) is 0.834. The van der Waals surface area contributed by atoms with Crippen molar-refractivity contribution < 1.29 is 0 Å². The molecule has 2 heterocycles. The minimum absolute atomic E-state index is 0.421. The first-order valence-corrected chi connectivity index (χ1v) is 6.92. The van der Waals surface area contributed by atoms with E-state index in [-0.39, 0.29) is 0 Å². The number of hydrogen-bond acceptors (Lipinski definition) is 2. The van der Waals surface area contributed by atoms with E-state index in [4.69, 9.17) is 4.98 Å². The third kappa shape index (κ3) is 1.93. The third-order valence-electron chi connectivity index (χ3n) is 4.00. The van der Waals surface area contributed by atoms with Gasteiger partial charge in [0.15, 0.2) is 0 Å².